The summed E-state index contributed by atoms with van der Waals surface area (Å²) in [6.45, 7) is 1.62. The van der Waals surface area contributed by atoms with Gasteiger partial charge in [0.15, 0.2) is 0 Å². The zero-order valence-electron chi connectivity index (χ0n) is 13.6. The van der Waals surface area contributed by atoms with Crippen LogP contribution in [0.3, 0.4) is 0 Å². The van der Waals surface area contributed by atoms with Gasteiger partial charge < -0.3 is 10.6 Å². The number of fused-ring (bicyclic) bond motifs is 1. The number of hydrogen-bond donors (Lipinski definition) is 1. The summed E-state index contributed by atoms with van der Waals surface area (Å²) in [4.78, 5) is 31.0. The average Bonchev–Trinajstić information content (AvgIpc) is 2.61. The first-order chi connectivity index (χ1) is 11.2. The van der Waals surface area contributed by atoms with E-state index in [1.165, 1.54) is 10.9 Å². The highest BCUT2D eigenvalue weighted by molar-refractivity contribution is 5.85. The zero-order valence-corrected chi connectivity index (χ0v) is 14.4. The number of carbonyl (C=O) groups is 1. The van der Waals surface area contributed by atoms with Crippen LogP contribution in [0.1, 0.15) is 25.7 Å². The molecule has 0 aliphatic carbocycles. The summed E-state index contributed by atoms with van der Waals surface area (Å²) in [6.07, 6.45) is 4.95. The van der Waals surface area contributed by atoms with Crippen LogP contribution in [-0.4, -0.2) is 39.5 Å². The molecule has 2 N–H and O–H groups in total. The lowest BCUT2D eigenvalue weighted by Crippen LogP contribution is -2.47. The summed E-state index contributed by atoms with van der Waals surface area (Å²) in [5.41, 5.74) is 6.35. The Hall–Kier alpha value is -1.92. The van der Waals surface area contributed by atoms with Crippen molar-refractivity contribution in [3.05, 3.63) is 40.9 Å². The third kappa shape index (κ3) is 3.76. The second-order valence-electron chi connectivity index (χ2n) is 5.98. The number of likely N-dealkylation sites (tertiary alicyclic amines) is 1. The molecule has 1 amide bonds. The third-order valence-corrected chi connectivity index (χ3v) is 4.52. The lowest BCUT2D eigenvalue weighted by molar-refractivity contribution is -0.134. The van der Waals surface area contributed by atoms with E-state index in [1.807, 2.05) is 23.1 Å². The molecule has 1 saturated heterocycles. The van der Waals surface area contributed by atoms with Crippen molar-refractivity contribution >= 4 is 29.2 Å². The molecule has 24 heavy (non-hydrogen) atoms. The molecule has 7 heteroatoms. The van der Waals surface area contributed by atoms with E-state index in [1.54, 1.807) is 6.07 Å². The molecule has 2 heterocycles. The van der Waals surface area contributed by atoms with Gasteiger partial charge in [-0.2, -0.15) is 0 Å². The van der Waals surface area contributed by atoms with Gasteiger partial charge in [-0.1, -0.05) is 12.1 Å². The zero-order chi connectivity index (χ0) is 16.2. The van der Waals surface area contributed by atoms with Crippen LogP contribution in [-0.2, 0) is 11.3 Å². The minimum atomic E-state index is -0.0996. The number of nitrogens with zero attached hydrogens (tertiary/aromatic N) is 3. The number of aryl methyl sites for hydroxylation is 1. The number of para-hydroxylation sites is 1. The van der Waals surface area contributed by atoms with E-state index >= 15 is 0 Å². The van der Waals surface area contributed by atoms with Gasteiger partial charge in [0.1, 0.15) is 0 Å². The van der Waals surface area contributed by atoms with E-state index in [0.717, 1.165) is 25.8 Å². The van der Waals surface area contributed by atoms with E-state index in [9.17, 15) is 9.59 Å². The first kappa shape index (κ1) is 18.4. The van der Waals surface area contributed by atoms with Crippen LogP contribution in [0.2, 0.25) is 0 Å². The van der Waals surface area contributed by atoms with E-state index in [-0.39, 0.29) is 29.9 Å². The molecular weight excluding hydrogens is 328 g/mol. The highest BCUT2D eigenvalue weighted by Gasteiger charge is 2.25. The lowest BCUT2D eigenvalue weighted by atomic mass is 10.0. The molecule has 1 atom stereocenters. The summed E-state index contributed by atoms with van der Waals surface area (Å²) >= 11 is 0. The Kier molecular flexibility index (Phi) is 6.34. The largest absolute Gasteiger partial charge is 0.338 e. The molecule has 0 saturated carbocycles. The number of aromatic nitrogens is 2. The fourth-order valence-electron chi connectivity index (χ4n) is 3.20. The molecule has 1 unspecified atom stereocenters. The summed E-state index contributed by atoms with van der Waals surface area (Å²) < 4.78 is 1.52. The third-order valence-electron chi connectivity index (χ3n) is 4.52. The Morgan fingerprint density at radius 1 is 1.29 bits per heavy atom. The molecular formula is C17H23ClN4O2. The van der Waals surface area contributed by atoms with Crippen molar-refractivity contribution < 1.29 is 4.79 Å². The number of amides is 1. The smallest absolute Gasteiger partial charge is 0.261 e. The summed E-state index contributed by atoms with van der Waals surface area (Å²) in [7, 11) is 0. The van der Waals surface area contributed by atoms with E-state index in [4.69, 9.17) is 5.73 Å². The molecule has 130 valence electrons. The van der Waals surface area contributed by atoms with Gasteiger partial charge in [0.05, 0.1) is 17.2 Å². The van der Waals surface area contributed by atoms with Crippen LogP contribution in [0.5, 0.6) is 0 Å². The Labute approximate surface area is 147 Å². The number of nitrogens with two attached hydrogens (primary N) is 1. The monoisotopic (exact) mass is 350 g/mol. The first-order valence-electron chi connectivity index (χ1n) is 8.14. The number of piperidine rings is 1. The first-order valence-corrected chi connectivity index (χ1v) is 8.14. The average molecular weight is 351 g/mol. The van der Waals surface area contributed by atoms with E-state index < -0.39 is 0 Å². The van der Waals surface area contributed by atoms with Gasteiger partial charge in [-0.05, 0) is 31.4 Å². The minimum Gasteiger partial charge on any atom is -0.338 e. The van der Waals surface area contributed by atoms with Crippen LogP contribution in [0.25, 0.3) is 10.9 Å². The number of rotatable bonds is 4. The molecule has 6 nitrogen and oxygen atoms in total. The van der Waals surface area contributed by atoms with Crippen molar-refractivity contribution in [2.24, 2.45) is 5.73 Å². The predicted molar refractivity (Wildman–Crippen MR) is 96.3 cm³/mol. The van der Waals surface area contributed by atoms with Crippen molar-refractivity contribution in [1.82, 2.24) is 14.5 Å². The highest BCUT2D eigenvalue weighted by atomic mass is 35.5. The van der Waals surface area contributed by atoms with Crippen molar-refractivity contribution in [3.8, 4) is 0 Å². The standard InChI is InChI=1S/C17H22N4O2.ClH/c18-11-13-5-3-4-9-21(13)16(22)8-10-20-12-19-15-7-2-1-6-14(15)17(20)23;/h1-2,6-7,12-13H,3-5,8-11,18H2;1H. The minimum absolute atomic E-state index is 0. The van der Waals surface area contributed by atoms with Crippen molar-refractivity contribution in [2.75, 3.05) is 13.1 Å². The summed E-state index contributed by atoms with van der Waals surface area (Å²) in [6, 6.07) is 7.39. The van der Waals surface area contributed by atoms with E-state index in [0.29, 0.717) is 30.4 Å². The summed E-state index contributed by atoms with van der Waals surface area (Å²) in [5.74, 6) is 0.0696. The van der Waals surface area contributed by atoms with Crippen LogP contribution < -0.4 is 11.3 Å². The van der Waals surface area contributed by atoms with Crippen molar-refractivity contribution in [3.63, 3.8) is 0 Å². The van der Waals surface area contributed by atoms with Gasteiger partial charge in [-0.25, -0.2) is 4.98 Å². The quantitative estimate of drug-likeness (QED) is 0.907. The van der Waals surface area contributed by atoms with Gasteiger partial charge in [-0.15, -0.1) is 12.4 Å². The lowest BCUT2D eigenvalue weighted by Gasteiger charge is -2.35. The van der Waals surface area contributed by atoms with Crippen LogP contribution in [0.4, 0.5) is 0 Å². The summed E-state index contributed by atoms with van der Waals surface area (Å²) in [5, 5.41) is 0.584. The number of carbonyl (C=O) groups excluding carboxylic acids is 1. The second-order valence-corrected chi connectivity index (χ2v) is 5.98. The number of benzene rings is 1. The predicted octanol–water partition coefficient (Wildman–Crippen LogP) is 1.55. The molecule has 1 fully saturated rings. The maximum absolute atomic E-state index is 12.5. The van der Waals surface area contributed by atoms with Gasteiger partial charge in [-0.3, -0.25) is 14.2 Å². The van der Waals surface area contributed by atoms with Crippen LogP contribution in [0.15, 0.2) is 35.4 Å². The highest BCUT2D eigenvalue weighted by Crippen LogP contribution is 2.17. The number of halogens is 1. The van der Waals surface area contributed by atoms with Gasteiger partial charge in [0.25, 0.3) is 5.56 Å². The maximum Gasteiger partial charge on any atom is 0.261 e. The van der Waals surface area contributed by atoms with Crippen LogP contribution in [0, 0.1) is 0 Å². The maximum atomic E-state index is 12.5. The van der Waals surface area contributed by atoms with Gasteiger partial charge >= 0.3 is 0 Å². The molecule has 0 radical (unpaired) electrons. The second kappa shape index (κ2) is 8.26. The Morgan fingerprint density at radius 3 is 2.88 bits per heavy atom. The molecule has 3 rings (SSSR count). The fraction of sp³-hybridized carbons (Fsp3) is 0.471. The molecule has 2 aromatic rings. The van der Waals surface area contributed by atoms with Crippen molar-refractivity contribution in [1.29, 1.82) is 0 Å². The normalized spacial score (nSPS) is 17.5. The SMILES string of the molecule is Cl.NCC1CCCCN1C(=O)CCn1cnc2ccccc2c1=O. The molecule has 1 aromatic carbocycles. The van der Waals surface area contributed by atoms with Crippen molar-refractivity contribution in [2.45, 2.75) is 38.3 Å². The Balaban J connectivity index is 0.00000208. The topological polar surface area (TPSA) is 81.2 Å². The van der Waals surface area contributed by atoms with Gasteiger partial charge in [0, 0.05) is 32.1 Å². The molecule has 1 aliphatic rings. The Morgan fingerprint density at radius 2 is 2.08 bits per heavy atom. The molecule has 1 aromatic heterocycles. The molecule has 0 spiro atoms. The number of hydrogen-bond acceptors (Lipinski definition) is 4. The Bertz CT molecular complexity index is 762. The van der Waals surface area contributed by atoms with Gasteiger partial charge in [0.2, 0.25) is 5.91 Å². The fourth-order valence-corrected chi connectivity index (χ4v) is 3.20. The van der Waals surface area contributed by atoms with E-state index in [2.05, 4.69) is 4.98 Å². The molecule has 1 aliphatic heterocycles. The van der Waals surface area contributed by atoms with Crippen LogP contribution >= 0.6 is 12.4 Å². The molecule has 0 bridgehead atoms.